The van der Waals surface area contributed by atoms with E-state index in [4.69, 9.17) is 15.0 Å². The highest BCUT2D eigenvalue weighted by atomic mass is 15.0. The summed E-state index contributed by atoms with van der Waals surface area (Å²) in [5.74, 6) is 0. The van der Waals surface area contributed by atoms with Gasteiger partial charge in [-0.3, -0.25) is 8.80 Å². The van der Waals surface area contributed by atoms with Gasteiger partial charge in [0.1, 0.15) is 16.8 Å². The minimum absolute atomic E-state index is 0.921. The number of benzene rings is 4. The number of pyridine rings is 3. The molecule has 0 aliphatic heterocycles. The Bertz CT molecular complexity index is 2930. The summed E-state index contributed by atoms with van der Waals surface area (Å²) in [6, 6.07) is 47.1. The fraction of sp³-hybridized carbons (Fsp3) is 0.0465. The highest BCUT2D eigenvalue weighted by molar-refractivity contribution is 6.09. The Balaban J connectivity index is 1.07. The second kappa shape index (κ2) is 10.6. The third kappa shape index (κ3) is 4.14. The van der Waals surface area contributed by atoms with Crippen LogP contribution in [0.3, 0.4) is 0 Å². The van der Waals surface area contributed by atoms with E-state index >= 15 is 0 Å². The molecule has 0 radical (unpaired) electrons. The normalized spacial score (nSPS) is 15.5. The molecule has 0 N–H and O–H groups in total. The van der Waals surface area contributed by atoms with Crippen LogP contribution in [0.2, 0.25) is 0 Å². The third-order valence-electron chi connectivity index (χ3n) is 9.68. The molecule has 9 aromatic rings. The van der Waals surface area contributed by atoms with Crippen LogP contribution in [0.15, 0.2) is 146 Å². The summed E-state index contributed by atoms with van der Waals surface area (Å²) < 4.78 is 4.35. The van der Waals surface area contributed by atoms with Crippen molar-refractivity contribution >= 4 is 44.9 Å². The first-order chi connectivity index (χ1) is 23.8. The number of fused-ring (bicyclic) bond motifs is 9. The van der Waals surface area contributed by atoms with Crippen LogP contribution in [-0.4, -0.2) is 23.8 Å². The summed E-state index contributed by atoms with van der Waals surface area (Å²) in [5.41, 5.74) is 11.8. The molecule has 0 saturated carbocycles. The first-order valence-corrected chi connectivity index (χ1v) is 16.4. The van der Waals surface area contributed by atoms with Crippen molar-refractivity contribution in [2.45, 2.75) is 12.8 Å². The topological polar surface area (TPSA) is 47.5 Å². The van der Waals surface area contributed by atoms with Gasteiger partial charge in [-0.25, -0.2) is 15.0 Å². The van der Waals surface area contributed by atoms with Gasteiger partial charge in [0, 0.05) is 28.6 Å². The van der Waals surface area contributed by atoms with Crippen molar-refractivity contribution in [1.29, 1.82) is 0 Å². The molecule has 0 bridgehead atoms. The molecule has 0 atom stereocenters. The largest absolute Gasteiger partial charge is 0.300 e. The van der Waals surface area contributed by atoms with Crippen molar-refractivity contribution in [2.24, 2.45) is 0 Å². The number of aromatic nitrogens is 5. The smallest absolute Gasteiger partial charge is 0.137 e. The number of hydrogen-bond acceptors (Lipinski definition) is 3. The average Bonchev–Trinajstić information content (AvgIpc) is 3.71. The van der Waals surface area contributed by atoms with Crippen molar-refractivity contribution in [3.63, 3.8) is 0 Å². The number of nitrogens with zero attached hydrogens (tertiary/aromatic N) is 5. The summed E-state index contributed by atoms with van der Waals surface area (Å²) in [4.78, 5) is 15.2. The van der Waals surface area contributed by atoms with Crippen LogP contribution >= 0.6 is 0 Å². The molecule has 48 heavy (non-hydrogen) atoms. The van der Waals surface area contributed by atoms with E-state index in [0.717, 1.165) is 62.7 Å². The molecule has 1 aliphatic carbocycles. The van der Waals surface area contributed by atoms with Crippen LogP contribution in [0, 0.1) is 10.6 Å². The second-order valence-electron chi connectivity index (χ2n) is 12.4. The van der Waals surface area contributed by atoms with Gasteiger partial charge < -0.3 is 0 Å². The molecule has 5 heterocycles. The minimum Gasteiger partial charge on any atom is -0.300 e. The maximum atomic E-state index is 5.15. The zero-order valence-corrected chi connectivity index (χ0v) is 26.1. The first kappa shape index (κ1) is 26.8. The van der Waals surface area contributed by atoms with E-state index in [2.05, 4.69) is 136 Å². The molecule has 0 spiro atoms. The van der Waals surface area contributed by atoms with Crippen LogP contribution in [0.1, 0.15) is 18.4 Å². The lowest BCUT2D eigenvalue weighted by Gasteiger charge is -2.11. The molecule has 0 amide bonds. The molecule has 5 nitrogen and oxygen atoms in total. The molecule has 5 aromatic heterocycles. The Hall–Kier alpha value is -6.33. The minimum atomic E-state index is 0.921. The lowest BCUT2D eigenvalue weighted by molar-refractivity contribution is 1.05. The van der Waals surface area contributed by atoms with Gasteiger partial charge in [-0.15, -0.1) is 0 Å². The molecule has 0 unspecified atom stereocenters. The van der Waals surface area contributed by atoms with E-state index in [1.54, 1.807) is 0 Å². The van der Waals surface area contributed by atoms with Crippen LogP contribution in [0.25, 0.3) is 67.3 Å². The predicted molar refractivity (Wildman–Crippen MR) is 194 cm³/mol. The van der Waals surface area contributed by atoms with Gasteiger partial charge in [0.2, 0.25) is 0 Å². The van der Waals surface area contributed by atoms with Crippen LogP contribution in [0.5, 0.6) is 0 Å². The van der Waals surface area contributed by atoms with Gasteiger partial charge in [0.15, 0.2) is 0 Å². The highest BCUT2D eigenvalue weighted by Gasteiger charge is 2.16. The molecule has 4 aromatic carbocycles. The fourth-order valence-corrected chi connectivity index (χ4v) is 7.39. The third-order valence-corrected chi connectivity index (χ3v) is 9.68. The van der Waals surface area contributed by atoms with Crippen LogP contribution < -0.4 is 10.6 Å². The average molecular weight is 616 g/mol. The van der Waals surface area contributed by atoms with E-state index in [-0.39, 0.29) is 0 Å². The Morgan fingerprint density at radius 1 is 0.500 bits per heavy atom. The van der Waals surface area contributed by atoms with E-state index in [1.165, 1.54) is 38.0 Å². The Labute approximate surface area is 275 Å². The van der Waals surface area contributed by atoms with Crippen molar-refractivity contribution in [2.75, 3.05) is 0 Å². The maximum Gasteiger partial charge on any atom is 0.137 e. The van der Waals surface area contributed by atoms with Crippen molar-refractivity contribution in [1.82, 2.24) is 23.8 Å². The number of imidazole rings is 2. The summed E-state index contributed by atoms with van der Waals surface area (Å²) >= 11 is 0. The van der Waals surface area contributed by atoms with E-state index in [9.17, 15) is 0 Å². The molecular weight excluding hydrogens is 587 g/mol. The van der Waals surface area contributed by atoms with Crippen molar-refractivity contribution in [3.05, 3.63) is 173 Å². The lowest BCUT2D eigenvalue weighted by Crippen LogP contribution is -2.17. The Kier molecular flexibility index (Phi) is 5.93. The van der Waals surface area contributed by atoms with Crippen molar-refractivity contribution in [3.8, 4) is 22.4 Å². The first-order valence-electron chi connectivity index (χ1n) is 16.4. The lowest BCUT2D eigenvalue weighted by atomic mass is 9.94. The van der Waals surface area contributed by atoms with Gasteiger partial charge in [-0.2, -0.15) is 0 Å². The standard InChI is InChI=1S/C43H29N5/c1-2-11-34-33(10-1)32(13-9-15-37-41(34)45-38-16-5-7-26-47(37)38)30-22-18-28(19-23-30)29-20-24-31(25-21-29)40-43-42(35-12-3-4-14-36(35)44-40)46-39-17-6-8-27-48(39)43/h1-8,10-12,14-27H,9,13H2/b33-32+,37-15+,41-34+. The molecule has 1 aliphatic rings. The van der Waals surface area contributed by atoms with Crippen LogP contribution in [0.4, 0.5) is 0 Å². The number of hydrogen-bond donors (Lipinski definition) is 0. The van der Waals surface area contributed by atoms with E-state index in [0.29, 0.717) is 0 Å². The molecule has 5 heteroatoms. The second-order valence-corrected chi connectivity index (χ2v) is 12.4. The number of rotatable bonds is 3. The maximum absolute atomic E-state index is 5.15. The SMILES string of the molecule is C1=c2/c(nc3ccccn23)=c2/cccc/c2=C(\c2ccc(-c3ccc(-c4nc5ccccc5c5nc6ccccn6c45)cc3)cc2)CC\1. The van der Waals surface area contributed by atoms with Gasteiger partial charge in [-0.05, 0) is 70.7 Å². The Morgan fingerprint density at radius 2 is 1.12 bits per heavy atom. The zero-order chi connectivity index (χ0) is 31.6. The highest BCUT2D eigenvalue weighted by Crippen LogP contribution is 2.34. The van der Waals surface area contributed by atoms with Gasteiger partial charge >= 0.3 is 0 Å². The van der Waals surface area contributed by atoms with Crippen molar-refractivity contribution < 1.29 is 0 Å². The molecule has 10 rings (SSSR count). The summed E-state index contributed by atoms with van der Waals surface area (Å²) in [6.45, 7) is 0. The fourth-order valence-electron chi connectivity index (χ4n) is 7.39. The molecule has 0 fully saturated rings. The van der Waals surface area contributed by atoms with Crippen LogP contribution in [-0.2, 0) is 0 Å². The monoisotopic (exact) mass is 615 g/mol. The van der Waals surface area contributed by atoms with E-state index < -0.39 is 0 Å². The summed E-state index contributed by atoms with van der Waals surface area (Å²) in [5, 5.41) is 5.74. The van der Waals surface area contributed by atoms with E-state index in [1.807, 2.05) is 24.3 Å². The summed E-state index contributed by atoms with van der Waals surface area (Å²) in [6.07, 6.45) is 8.43. The molecule has 0 saturated heterocycles. The van der Waals surface area contributed by atoms with Gasteiger partial charge in [-0.1, -0.05) is 109 Å². The molecule has 226 valence electrons. The van der Waals surface area contributed by atoms with Gasteiger partial charge in [0.05, 0.1) is 27.4 Å². The molecular formula is C43H29N5. The van der Waals surface area contributed by atoms with Gasteiger partial charge in [0.25, 0.3) is 0 Å². The summed E-state index contributed by atoms with van der Waals surface area (Å²) in [7, 11) is 0. The number of para-hydroxylation sites is 1. The predicted octanol–water partition coefficient (Wildman–Crippen LogP) is 8.08. The Morgan fingerprint density at radius 3 is 1.92 bits per heavy atom. The quantitative estimate of drug-likeness (QED) is 0.202. The zero-order valence-electron chi connectivity index (χ0n) is 26.1.